The van der Waals surface area contributed by atoms with Gasteiger partial charge in [-0.05, 0) is 51.4 Å². The molecule has 9 atom stereocenters. The summed E-state index contributed by atoms with van der Waals surface area (Å²) in [6.07, 6.45) is 2.11. The van der Waals surface area contributed by atoms with E-state index in [1.807, 2.05) is 6.08 Å². The average molecular weight is 380 g/mol. The summed E-state index contributed by atoms with van der Waals surface area (Å²) in [6.45, 7) is 3.05. The fourth-order valence-corrected chi connectivity index (χ4v) is 7.41. The van der Waals surface area contributed by atoms with Crippen LogP contribution >= 0.6 is 0 Å². The summed E-state index contributed by atoms with van der Waals surface area (Å²) in [5.74, 6) is -1.38. The highest BCUT2D eigenvalue weighted by Crippen LogP contribution is 2.67. The Bertz CT molecular complexity index is 676. The number of carbonyl (C=O) groups excluding carboxylic acids is 1. The maximum Gasteiger partial charge on any atom is 0.133 e. The van der Waals surface area contributed by atoms with E-state index in [0.717, 1.165) is 5.57 Å². The maximum atomic E-state index is 12.3. The summed E-state index contributed by atoms with van der Waals surface area (Å²) in [5.41, 5.74) is -2.17. The molecule has 27 heavy (non-hydrogen) atoms. The molecule has 0 bridgehead atoms. The van der Waals surface area contributed by atoms with Gasteiger partial charge in [0.15, 0.2) is 0 Å². The predicted octanol–water partition coefficient (Wildman–Crippen LogP) is 0.544. The van der Waals surface area contributed by atoms with Crippen molar-refractivity contribution < 1.29 is 30.3 Å². The molecule has 0 unspecified atom stereocenters. The van der Waals surface area contributed by atoms with Gasteiger partial charge in [-0.3, -0.25) is 4.79 Å². The number of allylic oxidation sites excluding steroid dienone is 1. The van der Waals surface area contributed by atoms with Crippen molar-refractivity contribution in [1.82, 2.24) is 0 Å². The summed E-state index contributed by atoms with van der Waals surface area (Å²) >= 11 is 0. The quantitative estimate of drug-likeness (QED) is 0.447. The number of Topliss-reactive ketones (excluding diaryl/α,β-unsaturated/α-hetero) is 1. The van der Waals surface area contributed by atoms with Gasteiger partial charge in [0.25, 0.3) is 0 Å². The first kappa shape index (κ1) is 19.5. The molecular weight excluding hydrogens is 348 g/mol. The van der Waals surface area contributed by atoms with Crippen LogP contribution in [0, 0.1) is 28.6 Å². The number of fused-ring (bicyclic) bond motifs is 5. The number of hydrogen-bond acceptors (Lipinski definition) is 6. The fourth-order valence-electron chi connectivity index (χ4n) is 7.41. The summed E-state index contributed by atoms with van der Waals surface area (Å²) < 4.78 is 0. The molecule has 0 radical (unpaired) electrons. The van der Waals surface area contributed by atoms with Crippen LogP contribution in [0.1, 0.15) is 52.4 Å². The van der Waals surface area contributed by atoms with Crippen LogP contribution in [0.2, 0.25) is 0 Å². The first-order valence-electron chi connectivity index (χ1n) is 10.2. The van der Waals surface area contributed by atoms with Crippen LogP contribution in [0.3, 0.4) is 0 Å². The second-order valence-corrected chi connectivity index (χ2v) is 9.65. The molecule has 0 aromatic carbocycles. The molecule has 0 heterocycles. The van der Waals surface area contributed by atoms with Crippen molar-refractivity contribution in [3.8, 4) is 0 Å². The van der Waals surface area contributed by atoms with Crippen LogP contribution in [0.4, 0.5) is 0 Å². The van der Waals surface area contributed by atoms with Gasteiger partial charge < -0.3 is 25.5 Å². The lowest BCUT2D eigenvalue weighted by atomic mass is 9.43. The third-order valence-electron chi connectivity index (χ3n) is 8.87. The zero-order chi connectivity index (χ0) is 19.8. The first-order chi connectivity index (χ1) is 12.6. The molecule has 4 rings (SSSR count). The van der Waals surface area contributed by atoms with Crippen molar-refractivity contribution in [3.05, 3.63) is 11.6 Å². The highest BCUT2D eigenvalue weighted by atomic mass is 16.3. The second-order valence-electron chi connectivity index (χ2n) is 9.65. The summed E-state index contributed by atoms with van der Waals surface area (Å²) in [7, 11) is 0. The molecule has 0 aromatic rings. The topological polar surface area (TPSA) is 118 Å². The predicted molar refractivity (Wildman–Crippen MR) is 97.5 cm³/mol. The second kappa shape index (κ2) is 6.10. The Hall–Kier alpha value is -0.790. The minimum atomic E-state index is -1.27. The molecule has 3 fully saturated rings. The lowest BCUT2D eigenvalue weighted by molar-refractivity contribution is -0.268. The Kier molecular flexibility index (Phi) is 4.41. The third-order valence-corrected chi connectivity index (χ3v) is 8.87. The molecule has 4 aliphatic rings. The van der Waals surface area contributed by atoms with Gasteiger partial charge in [0.2, 0.25) is 0 Å². The Morgan fingerprint density at radius 1 is 1.22 bits per heavy atom. The molecule has 5 N–H and O–H groups in total. The van der Waals surface area contributed by atoms with Gasteiger partial charge in [0, 0.05) is 22.7 Å². The van der Waals surface area contributed by atoms with E-state index >= 15 is 0 Å². The lowest BCUT2D eigenvalue weighted by Gasteiger charge is -2.64. The van der Waals surface area contributed by atoms with E-state index in [1.54, 1.807) is 6.92 Å². The number of aliphatic hydroxyl groups excluding tert-OH is 4. The summed E-state index contributed by atoms with van der Waals surface area (Å²) in [6, 6.07) is 0. The maximum absolute atomic E-state index is 12.3. The highest BCUT2D eigenvalue weighted by molar-refractivity contribution is 5.80. The molecule has 0 aromatic heterocycles. The molecule has 0 aliphatic heterocycles. The van der Waals surface area contributed by atoms with Gasteiger partial charge in [-0.15, -0.1) is 0 Å². The Labute approximate surface area is 159 Å². The molecule has 4 aliphatic carbocycles. The average Bonchev–Trinajstić information content (AvgIpc) is 2.92. The fraction of sp³-hybridized carbons (Fsp3) is 0.857. The van der Waals surface area contributed by atoms with Crippen molar-refractivity contribution in [2.24, 2.45) is 28.6 Å². The molecule has 3 saturated carbocycles. The van der Waals surface area contributed by atoms with E-state index < -0.39 is 46.6 Å². The number of carbonyl (C=O) groups is 1. The third kappa shape index (κ3) is 2.22. The number of hydrogen-bond donors (Lipinski definition) is 5. The van der Waals surface area contributed by atoms with Crippen LogP contribution in [0.5, 0.6) is 0 Å². The zero-order valence-corrected chi connectivity index (χ0v) is 16.1. The molecule has 0 amide bonds. The van der Waals surface area contributed by atoms with Gasteiger partial charge in [-0.2, -0.15) is 0 Å². The van der Waals surface area contributed by atoms with Gasteiger partial charge >= 0.3 is 0 Å². The summed E-state index contributed by atoms with van der Waals surface area (Å²) in [4.78, 5) is 12.3. The van der Waals surface area contributed by atoms with E-state index in [4.69, 9.17) is 0 Å². The molecular formula is C21H32O6. The number of aliphatic hydroxyl groups is 5. The lowest BCUT2D eigenvalue weighted by Crippen LogP contribution is -2.72. The Balaban J connectivity index is 1.85. The van der Waals surface area contributed by atoms with Crippen LogP contribution < -0.4 is 0 Å². The van der Waals surface area contributed by atoms with Crippen molar-refractivity contribution >= 4 is 5.78 Å². The molecule has 0 spiro atoms. The van der Waals surface area contributed by atoms with E-state index in [2.05, 4.69) is 0 Å². The van der Waals surface area contributed by atoms with Crippen LogP contribution in [-0.4, -0.2) is 61.8 Å². The minimum absolute atomic E-state index is 0.0668. The number of rotatable bonds is 2. The largest absolute Gasteiger partial charge is 0.395 e. The Morgan fingerprint density at radius 3 is 2.56 bits per heavy atom. The SMILES string of the molecule is CC(=O)[C@@H]1CC[C@]2(O)[C@@H]3CC=C4C[C@@H](O)CC[C@]4(CO)[C@H]3[C@H](O)[C@@H](O)[C@]12C. The van der Waals surface area contributed by atoms with Crippen LogP contribution in [-0.2, 0) is 4.79 Å². The van der Waals surface area contributed by atoms with E-state index in [9.17, 15) is 30.3 Å². The van der Waals surface area contributed by atoms with Crippen molar-refractivity contribution in [1.29, 1.82) is 0 Å². The van der Waals surface area contributed by atoms with Crippen LogP contribution in [0.25, 0.3) is 0 Å². The normalized spacial score (nSPS) is 54.6. The van der Waals surface area contributed by atoms with Gasteiger partial charge in [0.05, 0.1) is 30.5 Å². The molecule has 6 heteroatoms. The first-order valence-corrected chi connectivity index (χ1v) is 10.2. The van der Waals surface area contributed by atoms with E-state index in [0.29, 0.717) is 38.5 Å². The van der Waals surface area contributed by atoms with E-state index in [1.165, 1.54) is 6.92 Å². The van der Waals surface area contributed by atoms with Crippen LogP contribution in [0.15, 0.2) is 11.6 Å². The van der Waals surface area contributed by atoms with Crippen molar-refractivity contribution in [2.45, 2.75) is 76.3 Å². The van der Waals surface area contributed by atoms with Crippen molar-refractivity contribution in [2.75, 3.05) is 6.61 Å². The standard InChI is InChI=1S/C21H32O6/c1-11(23)14-6-8-21(27)15-4-3-12-9-13(24)5-7-20(12,10-22)16(15)17(25)18(26)19(14,21)2/h3,13-18,22,24-27H,4-10H2,1-2H3/t13-,14-,15+,16+,17-,18+,19-,20+,21-/m0/s1. The van der Waals surface area contributed by atoms with Crippen molar-refractivity contribution in [3.63, 3.8) is 0 Å². The van der Waals surface area contributed by atoms with E-state index in [-0.39, 0.29) is 18.3 Å². The molecule has 0 saturated heterocycles. The van der Waals surface area contributed by atoms with Gasteiger partial charge in [-0.1, -0.05) is 18.6 Å². The highest BCUT2D eigenvalue weighted by Gasteiger charge is 2.73. The monoisotopic (exact) mass is 380 g/mol. The molecule has 6 nitrogen and oxygen atoms in total. The van der Waals surface area contributed by atoms with Gasteiger partial charge in [-0.25, -0.2) is 0 Å². The zero-order valence-electron chi connectivity index (χ0n) is 16.1. The van der Waals surface area contributed by atoms with Gasteiger partial charge in [0.1, 0.15) is 5.78 Å². The molecule has 152 valence electrons. The smallest absolute Gasteiger partial charge is 0.133 e. The summed E-state index contributed by atoms with van der Waals surface area (Å²) in [5, 5.41) is 54.7. The Morgan fingerprint density at radius 2 is 1.93 bits per heavy atom. The number of ketones is 1. The minimum Gasteiger partial charge on any atom is -0.395 e.